The second-order valence-electron chi connectivity index (χ2n) is 5.23. The molecule has 1 aliphatic carbocycles. The summed E-state index contributed by atoms with van der Waals surface area (Å²) in [6.07, 6.45) is 5.07. The number of aromatic nitrogens is 2. The molecule has 0 aliphatic heterocycles. The second-order valence-corrected chi connectivity index (χ2v) is 5.23. The minimum Gasteiger partial charge on any atom is -0.493 e. The number of ether oxygens (including phenoxy) is 2. The number of nitrogens with zero attached hydrogens (tertiary/aromatic N) is 2. The molecule has 23 heavy (non-hydrogen) atoms. The lowest BCUT2D eigenvalue weighted by Gasteiger charge is -2.11. The van der Waals surface area contributed by atoms with Crippen LogP contribution >= 0.6 is 0 Å². The lowest BCUT2D eigenvalue weighted by atomic mass is 10.2. The second kappa shape index (κ2) is 6.51. The van der Waals surface area contributed by atoms with Gasteiger partial charge >= 0.3 is 0 Å². The Kier molecular flexibility index (Phi) is 4.27. The highest BCUT2D eigenvalue weighted by Crippen LogP contribution is 2.30. The number of methoxy groups -OCH3 is 2. The Labute approximate surface area is 134 Å². The number of benzene rings is 1. The van der Waals surface area contributed by atoms with Crippen molar-refractivity contribution in [3.8, 4) is 11.5 Å². The molecule has 0 spiro atoms. The summed E-state index contributed by atoms with van der Waals surface area (Å²) in [4.78, 5) is 20.2. The van der Waals surface area contributed by atoms with Gasteiger partial charge in [-0.25, -0.2) is 9.97 Å². The largest absolute Gasteiger partial charge is 0.493 e. The van der Waals surface area contributed by atoms with Gasteiger partial charge in [-0.05, 0) is 25.0 Å². The van der Waals surface area contributed by atoms with Gasteiger partial charge in [-0.3, -0.25) is 4.79 Å². The fourth-order valence-corrected chi connectivity index (χ4v) is 2.06. The van der Waals surface area contributed by atoms with Crippen molar-refractivity contribution < 1.29 is 14.3 Å². The highest BCUT2D eigenvalue weighted by molar-refractivity contribution is 5.92. The molecule has 0 unspecified atom stereocenters. The Balaban J connectivity index is 1.69. The van der Waals surface area contributed by atoms with Gasteiger partial charge in [0.25, 0.3) is 5.91 Å². The molecular formula is C16H18N4O3. The zero-order valence-electron chi connectivity index (χ0n) is 13.0. The molecule has 1 fully saturated rings. The number of rotatable bonds is 6. The van der Waals surface area contributed by atoms with Crippen molar-refractivity contribution in [2.24, 2.45) is 0 Å². The van der Waals surface area contributed by atoms with Crippen molar-refractivity contribution in [1.82, 2.24) is 15.3 Å². The molecular weight excluding hydrogens is 296 g/mol. The van der Waals surface area contributed by atoms with Crippen LogP contribution in [0.2, 0.25) is 0 Å². The summed E-state index contributed by atoms with van der Waals surface area (Å²) in [5.41, 5.74) is 1.10. The molecule has 0 radical (unpaired) electrons. The molecule has 0 saturated heterocycles. The fourth-order valence-electron chi connectivity index (χ4n) is 2.06. The van der Waals surface area contributed by atoms with Crippen LogP contribution in [-0.4, -0.2) is 36.1 Å². The van der Waals surface area contributed by atoms with Crippen LogP contribution in [0.25, 0.3) is 0 Å². The zero-order chi connectivity index (χ0) is 16.2. The van der Waals surface area contributed by atoms with Crippen molar-refractivity contribution in [2.75, 3.05) is 19.5 Å². The van der Waals surface area contributed by atoms with Crippen LogP contribution in [0.15, 0.2) is 30.6 Å². The first kappa shape index (κ1) is 15.1. The van der Waals surface area contributed by atoms with E-state index < -0.39 is 0 Å². The number of amides is 1. The smallest absolute Gasteiger partial charge is 0.271 e. The number of hydrogen-bond donors (Lipinski definition) is 2. The number of hydrogen-bond acceptors (Lipinski definition) is 6. The van der Waals surface area contributed by atoms with Gasteiger partial charge in [0, 0.05) is 17.8 Å². The van der Waals surface area contributed by atoms with Crippen LogP contribution in [0.5, 0.6) is 11.5 Å². The predicted octanol–water partition coefficient (Wildman–Crippen LogP) is 2.13. The average molecular weight is 314 g/mol. The van der Waals surface area contributed by atoms with E-state index in [2.05, 4.69) is 20.6 Å². The molecule has 0 atom stereocenters. The molecule has 7 heteroatoms. The van der Waals surface area contributed by atoms with Crippen molar-refractivity contribution >= 4 is 17.4 Å². The third kappa shape index (κ3) is 3.68. The van der Waals surface area contributed by atoms with Crippen molar-refractivity contribution in [3.05, 3.63) is 36.3 Å². The topological polar surface area (TPSA) is 85.4 Å². The van der Waals surface area contributed by atoms with E-state index in [1.54, 1.807) is 26.4 Å². The molecule has 2 N–H and O–H groups in total. The SMILES string of the molecule is COc1ccc(Nc2cnc(C(=O)NC3CC3)cn2)cc1OC. The van der Waals surface area contributed by atoms with E-state index in [4.69, 9.17) is 9.47 Å². The minimum absolute atomic E-state index is 0.183. The van der Waals surface area contributed by atoms with Gasteiger partial charge in [0.15, 0.2) is 11.5 Å². The van der Waals surface area contributed by atoms with Crippen LogP contribution in [-0.2, 0) is 0 Å². The van der Waals surface area contributed by atoms with Crippen molar-refractivity contribution in [2.45, 2.75) is 18.9 Å². The summed E-state index contributed by atoms with van der Waals surface area (Å²) in [6.45, 7) is 0. The fraction of sp³-hybridized carbons (Fsp3) is 0.312. The first-order chi connectivity index (χ1) is 11.2. The summed E-state index contributed by atoms with van der Waals surface area (Å²) in [5, 5.41) is 5.98. The number of carbonyl (C=O) groups is 1. The van der Waals surface area contributed by atoms with E-state index in [0.717, 1.165) is 18.5 Å². The third-order valence-electron chi connectivity index (χ3n) is 3.45. The molecule has 7 nitrogen and oxygen atoms in total. The minimum atomic E-state index is -0.183. The molecule has 1 saturated carbocycles. The maximum absolute atomic E-state index is 11.9. The van der Waals surface area contributed by atoms with E-state index in [0.29, 0.717) is 29.1 Å². The first-order valence-corrected chi connectivity index (χ1v) is 7.31. The van der Waals surface area contributed by atoms with Gasteiger partial charge in [-0.2, -0.15) is 0 Å². The molecule has 120 valence electrons. The maximum atomic E-state index is 11.9. The lowest BCUT2D eigenvalue weighted by Crippen LogP contribution is -2.26. The number of nitrogens with one attached hydrogen (secondary N) is 2. The Morgan fingerprint density at radius 1 is 1.13 bits per heavy atom. The van der Waals surface area contributed by atoms with E-state index in [1.807, 2.05) is 6.07 Å². The summed E-state index contributed by atoms with van der Waals surface area (Å²) >= 11 is 0. The zero-order valence-corrected chi connectivity index (χ0v) is 13.0. The molecule has 1 aromatic heterocycles. The van der Waals surface area contributed by atoms with E-state index >= 15 is 0 Å². The van der Waals surface area contributed by atoms with Gasteiger partial charge in [0.2, 0.25) is 0 Å². The molecule has 3 rings (SSSR count). The molecule has 1 aliphatic rings. The third-order valence-corrected chi connectivity index (χ3v) is 3.45. The molecule has 0 bridgehead atoms. The molecule has 2 aromatic rings. The quantitative estimate of drug-likeness (QED) is 0.849. The normalized spacial score (nSPS) is 13.3. The van der Waals surface area contributed by atoms with E-state index in [9.17, 15) is 4.79 Å². The number of carbonyl (C=O) groups excluding carboxylic acids is 1. The van der Waals surface area contributed by atoms with Crippen LogP contribution in [0.1, 0.15) is 23.3 Å². The van der Waals surface area contributed by atoms with Crippen molar-refractivity contribution in [3.63, 3.8) is 0 Å². The molecule has 1 aromatic carbocycles. The van der Waals surface area contributed by atoms with E-state index in [-0.39, 0.29) is 5.91 Å². The summed E-state index contributed by atoms with van der Waals surface area (Å²) < 4.78 is 10.4. The highest BCUT2D eigenvalue weighted by Gasteiger charge is 2.24. The van der Waals surface area contributed by atoms with Gasteiger partial charge in [-0.1, -0.05) is 0 Å². The Bertz CT molecular complexity index is 699. The first-order valence-electron chi connectivity index (χ1n) is 7.31. The van der Waals surface area contributed by atoms with Gasteiger partial charge in [0.05, 0.1) is 26.6 Å². The lowest BCUT2D eigenvalue weighted by molar-refractivity contribution is 0.0945. The summed E-state index contributed by atoms with van der Waals surface area (Å²) in [6, 6.07) is 5.74. The summed E-state index contributed by atoms with van der Waals surface area (Å²) in [5.74, 6) is 1.62. The van der Waals surface area contributed by atoms with Gasteiger partial charge in [0.1, 0.15) is 11.5 Å². The maximum Gasteiger partial charge on any atom is 0.271 e. The van der Waals surface area contributed by atoms with Crippen LogP contribution in [0.4, 0.5) is 11.5 Å². The highest BCUT2D eigenvalue weighted by atomic mass is 16.5. The Morgan fingerprint density at radius 3 is 2.52 bits per heavy atom. The monoisotopic (exact) mass is 314 g/mol. The Morgan fingerprint density at radius 2 is 1.91 bits per heavy atom. The summed E-state index contributed by atoms with van der Waals surface area (Å²) in [7, 11) is 3.16. The van der Waals surface area contributed by atoms with E-state index in [1.165, 1.54) is 12.4 Å². The predicted molar refractivity (Wildman–Crippen MR) is 85.3 cm³/mol. The van der Waals surface area contributed by atoms with Crippen LogP contribution in [0, 0.1) is 0 Å². The average Bonchev–Trinajstić information content (AvgIpc) is 3.39. The standard InChI is InChI=1S/C16H18N4O3/c1-22-13-6-5-11(7-14(13)23-2)19-15-9-17-12(8-18-15)16(21)20-10-3-4-10/h5-10H,3-4H2,1-2H3,(H,18,19)(H,20,21). The van der Waals surface area contributed by atoms with Gasteiger partial charge in [-0.15, -0.1) is 0 Å². The van der Waals surface area contributed by atoms with Crippen molar-refractivity contribution in [1.29, 1.82) is 0 Å². The molecule has 1 amide bonds. The van der Waals surface area contributed by atoms with Gasteiger partial charge < -0.3 is 20.1 Å². The molecule has 1 heterocycles. The van der Waals surface area contributed by atoms with Crippen LogP contribution in [0.3, 0.4) is 0 Å². The van der Waals surface area contributed by atoms with Crippen LogP contribution < -0.4 is 20.1 Å². The number of anilines is 2. The Hall–Kier alpha value is -2.83.